The molecular weight excluding hydrogens is 268 g/mol. The number of methoxy groups -OCH3 is 1. The summed E-state index contributed by atoms with van der Waals surface area (Å²) in [7, 11) is 1.30. The Kier molecular flexibility index (Phi) is 5.73. The number of nitro benzene ring substituents is 1. The van der Waals surface area contributed by atoms with E-state index in [9.17, 15) is 20.3 Å². The number of nitro groups is 1. The molecule has 0 bridgehead atoms. The van der Waals surface area contributed by atoms with Gasteiger partial charge < -0.3 is 14.9 Å². The minimum absolute atomic E-state index is 0.0208. The van der Waals surface area contributed by atoms with Gasteiger partial charge in [-0.2, -0.15) is 0 Å². The Labute approximate surface area is 114 Å². The Morgan fingerprint density at radius 1 is 1.55 bits per heavy atom. The molecule has 0 heterocycles. The summed E-state index contributed by atoms with van der Waals surface area (Å²) in [5, 5.41) is 33.7. The van der Waals surface area contributed by atoms with E-state index in [1.165, 1.54) is 19.2 Å². The maximum atomic E-state index is 10.9. The van der Waals surface area contributed by atoms with Crippen molar-refractivity contribution >= 4 is 5.69 Å². The van der Waals surface area contributed by atoms with E-state index in [2.05, 4.69) is 10.0 Å². The van der Waals surface area contributed by atoms with Gasteiger partial charge in [-0.1, -0.05) is 11.2 Å². The summed E-state index contributed by atoms with van der Waals surface area (Å²) in [5.74, 6) is 0.0644. The first-order valence-electron chi connectivity index (χ1n) is 5.70. The van der Waals surface area contributed by atoms with Crippen molar-refractivity contribution in [1.29, 1.82) is 0 Å². The molecule has 0 fully saturated rings. The lowest BCUT2D eigenvalue weighted by Gasteiger charge is -2.17. The lowest BCUT2D eigenvalue weighted by Crippen LogP contribution is -2.19. The standard InChI is InChI=1S/C11H14N4O5/c1-20-10-3-2-7(6-8(10)15(18)19)11(17)9(16)4-5-13-14-12/h2-3,6,9,11,16-17H,4-5H2,1H3. The Bertz CT molecular complexity index is 530. The monoisotopic (exact) mass is 282 g/mol. The van der Waals surface area contributed by atoms with E-state index in [1.807, 2.05) is 0 Å². The van der Waals surface area contributed by atoms with Crippen molar-refractivity contribution in [1.82, 2.24) is 0 Å². The van der Waals surface area contributed by atoms with Crippen LogP contribution < -0.4 is 4.74 Å². The Balaban J connectivity index is 2.92. The number of azide groups is 1. The molecule has 9 nitrogen and oxygen atoms in total. The molecule has 1 aromatic carbocycles. The number of aliphatic hydroxyl groups excluding tert-OH is 2. The van der Waals surface area contributed by atoms with Crippen molar-refractivity contribution in [2.24, 2.45) is 5.11 Å². The third kappa shape index (κ3) is 3.82. The van der Waals surface area contributed by atoms with E-state index < -0.39 is 17.1 Å². The molecule has 9 heteroatoms. The predicted molar refractivity (Wildman–Crippen MR) is 69.2 cm³/mol. The van der Waals surface area contributed by atoms with E-state index in [-0.39, 0.29) is 30.0 Å². The molecule has 2 atom stereocenters. The molecule has 1 aromatic rings. The molecular formula is C11H14N4O5. The molecule has 0 aliphatic rings. The van der Waals surface area contributed by atoms with Crippen LogP contribution in [0.25, 0.3) is 10.4 Å². The average molecular weight is 282 g/mol. The van der Waals surface area contributed by atoms with Crippen LogP contribution in [-0.4, -0.2) is 34.9 Å². The van der Waals surface area contributed by atoms with Crippen LogP contribution in [-0.2, 0) is 0 Å². The van der Waals surface area contributed by atoms with Crippen LogP contribution in [0.15, 0.2) is 23.3 Å². The number of hydrogen-bond donors (Lipinski definition) is 2. The first-order valence-corrected chi connectivity index (χ1v) is 5.70. The molecule has 0 radical (unpaired) electrons. The zero-order valence-corrected chi connectivity index (χ0v) is 10.7. The zero-order valence-electron chi connectivity index (χ0n) is 10.7. The zero-order chi connectivity index (χ0) is 15.1. The van der Waals surface area contributed by atoms with Gasteiger partial charge >= 0.3 is 5.69 Å². The topological polar surface area (TPSA) is 142 Å². The molecule has 0 saturated carbocycles. The van der Waals surface area contributed by atoms with Crippen LogP contribution in [0.2, 0.25) is 0 Å². The van der Waals surface area contributed by atoms with E-state index in [0.29, 0.717) is 0 Å². The lowest BCUT2D eigenvalue weighted by molar-refractivity contribution is -0.385. The average Bonchev–Trinajstić information content (AvgIpc) is 2.45. The molecule has 2 N–H and O–H groups in total. The molecule has 2 unspecified atom stereocenters. The fraction of sp³-hybridized carbons (Fsp3) is 0.455. The van der Waals surface area contributed by atoms with Crippen LogP contribution in [0, 0.1) is 10.1 Å². The quantitative estimate of drug-likeness (QED) is 0.257. The van der Waals surface area contributed by atoms with Crippen molar-refractivity contribution in [3.8, 4) is 5.75 Å². The number of nitrogens with zero attached hydrogens (tertiary/aromatic N) is 4. The van der Waals surface area contributed by atoms with Gasteiger partial charge in [0.05, 0.1) is 18.1 Å². The number of ether oxygens (including phenoxy) is 1. The van der Waals surface area contributed by atoms with Crippen molar-refractivity contribution in [3.63, 3.8) is 0 Å². The molecule has 108 valence electrons. The summed E-state index contributed by atoms with van der Waals surface area (Å²) in [4.78, 5) is 12.8. The molecule has 1 rings (SSSR count). The smallest absolute Gasteiger partial charge is 0.311 e. The van der Waals surface area contributed by atoms with Gasteiger partial charge in [-0.3, -0.25) is 10.1 Å². The first-order chi connectivity index (χ1) is 9.51. The van der Waals surface area contributed by atoms with Crippen molar-refractivity contribution in [3.05, 3.63) is 44.3 Å². The first kappa shape index (κ1) is 15.7. The Hall–Kier alpha value is -2.35. The molecule has 0 saturated heterocycles. The summed E-state index contributed by atoms with van der Waals surface area (Å²) in [5.41, 5.74) is 8.00. The van der Waals surface area contributed by atoms with Gasteiger partial charge in [0.25, 0.3) is 0 Å². The van der Waals surface area contributed by atoms with Gasteiger partial charge in [-0.05, 0) is 23.6 Å². The van der Waals surface area contributed by atoms with Gasteiger partial charge in [0, 0.05) is 17.5 Å². The van der Waals surface area contributed by atoms with Crippen LogP contribution in [0.3, 0.4) is 0 Å². The third-order valence-corrected chi connectivity index (χ3v) is 2.69. The molecule has 0 amide bonds. The van der Waals surface area contributed by atoms with Crippen LogP contribution >= 0.6 is 0 Å². The second-order valence-corrected chi connectivity index (χ2v) is 3.94. The number of aliphatic hydroxyl groups is 2. The third-order valence-electron chi connectivity index (χ3n) is 2.69. The predicted octanol–water partition coefficient (Wildman–Crippen LogP) is 1.70. The number of hydrogen-bond acceptors (Lipinski definition) is 6. The maximum Gasteiger partial charge on any atom is 0.311 e. The van der Waals surface area contributed by atoms with E-state index >= 15 is 0 Å². The summed E-state index contributed by atoms with van der Waals surface area (Å²) in [6, 6.07) is 3.91. The van der Waals surface area contributed by atoms with Gasteiger partial charge in [-0.15, -0.1) is 0 Å². The highest BCUT2D eigenvalue weighted by Gasteiger charge is 2.22. The fourth-order valence-electron chi connectivity index (χ4n) is 1.65. The highest BCUT2D eigenvalue weighted by molar-refractivity contribution is 5.49. The van der Waals surface area contributed by atoms with Gasteiger partial charge in [0.15, 0.2) is 5.75 Å². The van der Waals surface area contributed by atoms with Crippen LogP contribution in [0.1, 0.15) is 18.1 Å². The number of rotatable bonds is 7. The second-order valence-electron chi connectivity index (χ2n) is 3.94. The molecule has 0 aromatic heterocycles. The summed E-state index contributed by atoms with van der Waals surface area (Å²) in [6.07, 6.45) is -2.45. The lowest BCUT2D eigenvalue weighted by atomic mass is 10.0. The normalized spacial score (nSPS) is 13.2. The largest absolute Gasteiger partial charge is 0.490 e. The van der Waals surface area contributed by atoms with E-state index in [4.69, 9.17) is 10.3 Å². The molecule has 0 spiro atoms. The summed E-state index contributed by atoms with van der Waals surface area (Å²) >= 11 is 0. The SMILES string of the molecule is COc1ccc(C(O)C(O)CCN=[N+]=[N-])cc1[N+](=O)[O-]. The molecule has 0 aliphatic heterocycles. The van der Waals surface area contributed by atoms with Crippen molar-refractivity contribution in [2.45, 2.75) is 18.6 Å². The highest BCUT2D eigenvalue weighted by Crippen LogP contribution is 2.31. The Morgan fingerprint density at radius 3 is 2.80 bits per heavy atom. The fourth-order valence-corrected chi connectivity index (χ4v) is 1.65. The van der Waals surface area contributed by atoms with Gasteiger partial charge in [-0.25, -0.2) is 0 Å². The molecule has 20 heavy (non-hydrogen) atoms. The van der Waals surface area contributed by atoms with Crippen LogP contribution in [0.5, 0.6) is 5.75 Å². The summed E-state index contributed by atoms with van der Waals surface area (Å²) in [6.45, 7) is 0.0208. The second kappa shape index (κ2) is 7.29. The highest BCUT2D eigenvalue weighted by atomic mass is 16.6. The minimum atomic E-state index is -1.31. The van der Waals surface area contributed by atoms with E-state index in [1.54, 1.807) is 0 Å². The summed E-state index contributed by atoms with van der Waals surface area (Å²) < 4.78 is 4.84. The van der Waals surface area contributed by atoms with Gasteiger partial charge in [0.2, 0.25) is 0 Å². The van der Waals surface area contributed by atoms with Gasteiger partial charge in [0.1, 0.15) is 6.10 Å². The van der Waals surface area contributed by atoms with Crippen molar-refractivity contribution < 1.29 is 19.9 Å². The van der Waals surface area contributed by atoms with E-state index in [0.717, 1.165) is 6.07 Å². The van der Waals surface area contributed by atoms with Crippen LogP contribution in [0.4, 0.5) is 5.69 Å². The minimum Gasteiger partial charge on any atom is -0.490 e. The van der Waals surface area contributed by atoms with Crippen molar-refractivity contribution in [2.75, 3.05) is 13.7 Å². The molecule has 0 aliphatic carbocycles. The Morgan fingerprint density at radius 2 is 2.25 bits per heavy atom. The number of benzene rings is 1. The maximum absolute atomic E-state index is 10.9.